The number of alkyl halides is 1. The van der Waals surface area contributed by atoms with E-state index in [9.17, 15) is 0 Å². The number of unbranched alkanes of at least 4 members (excludes halogenated alkanes) is 2. The predicted octanol–water partition coefficient (Wildman–Crippen LogP) is 4.97. The van der Waals surface area contributed by atoms with Crippen molar-refractivity contribution >= 4 is 42.8 Å². The number of rotatable bonds is 5. The maximum atomic E-state index is 3.50. The summed E-state index contributed by atoms with van der Waals surface area (Å²) in [6.45, 7) is 1.12. The molecule has 3 heteroatoms. The Balaban J connectivity index is 2.07. The van der Waals surface area contributed by atoms with Crippen molar-refractivity contribution in [3.8, 4) is 0 Å². The molecule has 2 rings (SSSR count). The van der Waals surface area contributed by atoms with Crippen molar-refractivity contribution in [1.82, 2.24) is 4.57 Å². The summed E-state index contributed by atoms with van der Waals surface area (Å²) < 4.78 is 3.49. The van der Waals surface area contributed by atoms with Crippen molar-refractivity contribution < 1.29 is 0 Å². The van der Waals surface area contributed by atoms with Gasteiger partial charge in [0.15, 0.2) is 0 Å². The summed E-state index contributed by atoms with van der Waals surface area (Å²) in [7, 11) is 0. The standard InChI is InChI=1S/C13H15Br2N/c14-7-2-1-3-8-16-9-6-11-10-12(15)4-5-13(11)16/h4-6,9-10H,1-3,7-8H2. The lowest BCUT2D eigenvalue weighted by molar-refractivity contribution is 0.619. The Hall–Kier alpha value is -0.280. The predicted molar refractivity (Wildman–Crippen MR) is 77.3 cm³/mol. The third-order valence-electron chi connectivity index (χ3n) is 2.77. The molecule has 0 saturated heterocycles. The number of halogens is 2. The van der Waals surface area contributed by atoms with Gasteiger partial charge in [0.05, 0.1) is 0 Å². The molecule has 2 aromatic rings. The monoisotopic (exact) mass is 343 g/mol. The molecular formula is C13H15Br2N. The van der Waals surface area contributed by atoms with E-state index >= 15 is 0 Å². The van der Waals surface area contributed by atoms with Crippen LogP contribution < -0.4 is 0 Å². The molecule has 0 saturated carbocycles. The minimum atomic E-state index is 1.12. The van der Waals surface area contributed by atoms with Gasteiger partial charge in [-0.15, -0.1) is 0 Å². The van der Waals surface area contributed by atoms with Crippen LogP contribution in [-0.4, -0.2) is 9.90 Å². The van der Waals surface area contributed by atoms with Crippen LogP contribution in [0.5, 0.6) is 0 Å². The molecular weight excluding hydrogens is 330 g/mol. The molecule has 0 spiro atoms. The second-order valence-corrected chi connectivity index (χ2v) is 5.67. The van der Waals surface area contributed by atoms with E-state index in [1.54, 1.807) is 0 Å². The van der Waals surface area contributed by atoms with Gasteiger partial charge < -0.3 is 4.57 Å². The first-order valence-corrected chi connectivity index (χ1v) is 7.53. The van der Waals surface area contributed by atoms with Gasteiger partial charge in [-0.1, -0.05) is 38.3 Å². The molecule has 1 aromatic heterocycles. The molecule has 0 amide bonds. The number of fused-ring (bicyclic) bond motifs is 1. The van der Waals surface area contributed by atoms with Crippen LogP contribution in [0.15, 0.2) is 34.9 Å². The summed E-state index contributed by atoms with van der Waals surface area (Å²) >= 11 is 6.96. The molecule has 0 N–H and O–H groups in total. The number of hydrogen-bond acceptors (Lipinski definition) is 0. The molecule has 0 fully saturated rings. The molecule has 86 valence electrons. The van der Waals surface area contributed by atoms with Gasteiger partial charge in [-0.2, -0.15) is 0 Å². The molecule has 0 bridgehead atoms. The molecule has 16 heavy (non-hydrogen) atoms. The van der Waals surface area contributed by atoms with Crippen LogP contribution in [0.1, 0.15) is 19.3 Å². The molecule has 0 aliphatic rings. The highest BCUT2D eigenvalue weighted by Gasteiger charge is 2.00. The summed E-state index contributed by atoms with van der Waals surface area (Å²) in [5.41, 5.74) is 1.34. The Labute approximate surface area is 113 Å². The van der Waals surface area contributed by atoms with Crippen LogP contribution >= 0.6 is 31.9 Å². The molecule has 0 atom stereocenters. The topological polar surface area (TPSA) is 4.93 Å². The zero-order chi connectivity index (χ0) is 11.4. The lowest BCUT2D eigenvalue weighted by Gasteiger charge is -2.04. The van der Waals surface area contributed by atoms with Crippen LogP contribution in [0, 0.1) is 0 Å². The van der Waals surface area contributed by atoms with E-state index in [1.807, 2.05) is 0 Å². The van der Waals surface area contributed by atoms with Crippen LogP contribution in [0.25, 0.3) is 10.9 Å². The third kappa shape index (κ3) is 2.89. The van der Waals surface area contributed by atoms with E-state index in [4.69, 9.17) is 0 Å². The lowest BCUT2D eigenvalue weighted by Crippen LogP contribution is -1.95. The molecule has 1 heterocycles. The maximum absolute atomic E-state index is 3.50. The number of aryl methyl sites for hydroxylation is 1. The normalized spacial score (nSPS) is 11.1. The quantitative estimate of drug-likeness (QED) is 0.533. The summed E-state index contributed by atoms with van der Waals surface area (Å²) in [6, 6.07) is 8.65. The fourth-order valence-electron chi connectivity index (χ4n) is 1.92. The van der Waals surface area contributed by atoms with Crippen LogP contribution in [0.4, 0.5) is 0 Å². The molecule has 0 unspecified atom stereocenters. The van der Waals surface area contributed by atoms with Crippen molar-refractivity contribution in [2.75, 3.05) is 5.33 Å². The van der Waals surface area contributed by atoms with Gasteiger partial charge in [0.2, 0.25) is 0 Å². The van der Waals surface area contributed by atoms with E-state index < -0.39 is 0 Å². The summed E-state index contributed by atoms with van der Waals surface area (Å²) in [5, 5.41) is 2.43. The number of nitrogens with zero attached hydrogens (tertiary/aromatic N) is 1. The first-order valence-electron chi connectivity index (χ1n) is 5.61. The van der Waals surface area contributed by atoms with Crippen molar-refractivity contribution in [1.29, 1.82) is 0 Å². The van der Waals surface area contributed by atoms with Gasteiger partial charge >= 0.3 is 0 Å². The molecule has 0 radical (unpaired) electrons. The first kappa shape index (κ1) is 12.2. The third-order valence-corrected chi connectivity index (χ3v) is 3.82. The Kier molecular flexibility index (Phi) is 4.47. The van der Waals surface area contributed by atoms with Crippen molar-refractivity contribution in [3.05, 3.63) is 34.9 Å². The smallest absolute Gasteiger partial charge is 0.0481 e. The first-order chi connectivity index (χ1) is 7.81. The number of benzene rings is 1. The van der Waals surface area contributed by atoms with E-state index in [-0.39, 0.29) is 0 Å². The summed E-state index contributed by atoms with van der Waals surface area (Å²) in [4.78, 5) is 0. The van der Waals surface area contributed by atoms with Crippen LogP contribution in [-0.2, 0) is 6.54 Å². The second kappa shape index (κ2) is 5.87. The summed E-state index contributed by atoms with van der Waals surface area (Å²) in [6.07, 6.45) is 6.00. The zero-order valence-corrected chi connectivity index (χ0v) is 12.3. The number of aromatic nitrogens is 1. The van der Waals surface area contributed by atoms with Crippen molar-refractivity contribution in [2.24, 2.45) is 0 Å². The van der Waals surface area contributed by atoms with Crippen molar-refractivity contribution in [3.63, 3.8) is 0 Å². The van der Waals surface area contributed by atoms with E-state index in [2.05, 4.69) is 66.9 Å². The van der Waals surface area contributed by atoms with Gasteiger partial charge in [0, 0.05) is 33.4 Å². The highest BCUT2D eigenvalue weighted by Crippen LogP contribution is 2.21. The lowest BCUT2D eigenvalue weighted by atomic mass is 10.2. The van der Waals surface area contributed by atoms with Gasteiger partial charge in [-0.05, 0) is 37.1 Å². The van der Waals surface area contributed by atoms with E-state index in [0.717, 1.165) is 16.3 Å². The van der Waals surface area contributed by atoms with Gasteiger partial charge in [0.1, 0.15) is 0 Å². The van der Waals surface area contributed by atoms with Crippen molar-refractivity contribution in [2.45, 2.75) is 25.8 Å². The maximum Gasteiger partial charge on any atom is 0.0481 e. The Bertz CT molecular complexity index is 462. The second-order valence-electron chi connectivity index (χ2n) is 3.96. The van der Waals surface area contributed by atoms with Gasteiger partial charge in [-0.3, -0.25) is 0 Å². The fraction of sp³-hybridized carbons (Fsp3) is 0.385. The minimum absolute atomic E-state index is 1.12. The average molecular weight is 345 g/mol. The largest absolute Gasteiger partial charge is 0.347 e. The Morgan fingerprint density at radius 1 is 1.06 bits per heavy atom. The van der Waals surface area contributed by atoms with Crippen LogP contribution in [0.3, 0.4) is 0 Å². The molecule has 1 aromatic carbocycles. The summed E-state index contributed by atoms with van der Waals surface area (Å²) in [5.74, 6) is 0. The van der Waals surface area contributed by atoms with Gasteiger partial charge in [-0.25, -0.2) is 0 Å². The Morgan fingerprint density at radius 3 is 2.75 bits per heavy atom. The zero-order valence-electron chi connectivity index (χ0n) is 9.13. The molecule has 0 aliphatic carbocycles. The molecule has 0 aliphatic heterocycles. The van der Waals surface area contributed by atoms with Crippen LogP contribution in [0.2, 0.25) is 0 Å². The Morgan fingerprint density at radius 2 is 1.94 bits per heavy atom. The average Bonchev–Trinajstić information content (AvgIpc) is 2.67. The number of hydrogen-bond donors (Lipinski definition) is 0. The van der Waals surface area contributed by atoms with E-state index in [1.165, 1.54) is 30.2 Å². The van der Waals surface area contributed by atoms with Gasteiger partial charge in [0.25, 0.3) is 0 Å². The SMILES string of the molecule is BrCCCCCn1ccc2cc(Br)ccc21. The highest BCUT2D eigenvalue weighted by molar-refractivity contribution is 9.10. The van der Waals surface area contributed by atoms with E-state index in [0.29, 0.717) is 0 Å². The highest BCUT2D eigenvalue weighted by atomic mass is 79.9. The minimum Gasteiger partial charge on any atom is -0.347 e. The molecule has 1 nitrogen and oxygen atoms in total. The fourth-order valence-corrected chi connectivity index (χ4v) is 2.69.